The lowest BCUT2D eigenvalue weighted by Gasteiger charge is -2.11. The molecule has 7 nitrogen and oxygen atoms in total. The minimum atomic E-state index is -0.404. The molecule has 2 heterocycles. The molecule has 1 amide bonds. The lowest BCUT2D eigenvalue weighted by molar-refractivity contribution is 0.101. The molecule has 0 saturated carbocycles. The third kappa shape index (κ3) is 4.12. The van der Waals surface area contributed by atoms with E-state index in [1.54, 1.807) is 41.7 Å². The van der Waals surface area contributed by atoms with Crippen molar-refractivity contribution in [1.29, 1.82) is 0 Å². The fourth-order valence-corrected chi connectivity index (χ4v) is 2.62. The van der Waals surface area contributed by atoms with E-state index in [-0.39, 0.29) is 23.5 Å². The SMILES string of the molecule is Cn1cc(NC(=O)c2cc(=O)c(OCc3cccc(Cl)c3)cn2C)cn1. The Labute approximate surface area is 154 Å². The van der Waals surface area contributed by atoms with Gasteiger partial charge in [-0.3, -0.25) is 14.3 Å². The van der Waals surface area contributed by atoms with Crippen molar-refractivity contribution in [3.8, 4) is 5.75 Å². The van der Waals surface area contributed by atoms with Crippen LogP contribution in [0.1, 0.15) is 16.1 Å². The molecule has 8 heteroatoms. The van der Waals surface area contributed by atoms with Crippen molar-refractivity contribution in [3.05, 3.63) is 75.4 Å². The molecular formula is C18H17ClN4O3. The zero-order valence-corrected chi connectivity index (χ0v) is 15.0. The molecule has 0 aliphatic carbocycles. The average molecular weight is 373 g/mol. The Morgan fingerprint density at radius 3 is 2.77 bits per heavy atom. The Kier molecular flexibility index (Phi) is 5.09. The van der Waals surface area contributed by atoms with E-state index in [1.165, 1.54) is 18.5 Å². The van der Waals surface area contributed by atoms with Gasteiger partial charge in [-0.25, -0.2) is 0 Å². The molecule has 3 aromatic rings. The summed E-state index contributed by atoms with van der Waals surface area (Å²) in [6.45, 7) is 0.205. The molecule has 134 valence electrons. The summed E-state index contributed by atoms with van der Waals surface area (Å²) in [4.78, 5) is 24.6. The van der Waals surface area contributed by atoms with E-state index in [0.717, 1.165) is 5.56 Å². The fraction of sp³-hybridized carbons (Fsp3) is 0.167. The Balaban J connectivity index is 1.75. The zero-order valence-electron chi connectivity index (χ0n) is 14.3. The topological polar surface area (TPSA) is 78.1 Å². The molecule has 0 saturated heterocycles. The number of benzene rings is 1. The predicted octanol–water partition coefficient (Wildman–Crippen LogP) is 2.60. The van der Waals surface area contributed by atoms with Gasteiger partial charge >= 0.3 is 0 Å². The minimum absolute atomic E-state index is 0.158. The number of aromatic nitrogens is 3. The highest BCUT2D eigenvalue weighted by Crippen LogP contribution is 2.14. The van der Waals surface area contributed by atoms with Crippen LogP contribution in [0.5, 0.6) is 5.75 Å². The Morgan fingerprint density at radius 2 is 2.08 bits per heavy atom. The van der Waals surface area contributed by atoms with Crippen molar-refractivity contribution >= 4 is 23.2 Å². The number of ether oxygens (including phenoxy) is 1. The molecule has 2 aromatic heterocycles. The van der Waals surface area contributed by atoms with Gasteiger partial charge in [0, 0.05) is 31.4 Å². The molecule has 0 bridgehead atoms. The van der Waals surface area contributed by atoms with Gasteiger partial charge in [0.2, 0.25) is 5.43 Å². The molecule has 3 rings (SSSR count). The summed E-state index contributed by atoms with van der Waals surface area (Å²) in [6.07, 6.45) is 4.68. The van der Waals surface area contributed by atoms with Gasteiger partial charge in [-0.05, 0) is 17.7 Å². The van der Waals surface area contributed by atoms with Crippen LogP contribution in [0, 0.1) is 0 Å². The van der Waals surface area contributed by atoms with E-state index in [0.29, 0.717) is 10.7 Å². The summed E-state index contributed by atoms with van der Waals surface area (Å²) in [5, 5.41) is 7.27. The molecule has 0 spiro atoms. The summed E-state index contributed by atoms with van der Waals surface area (Å²) in [5.74, 6) is -0.246. The second-order valence-electron chi connectivity index (χ2n) is 5.77. The second kappa shape index (κ2) is 7.45. The molecule has 0 atom stereocenters. The van der Waals surface area contributed by atoms with Gasteiger partial charge < -0.3 is 14.6 Å². The number of nitrogens with zero attached hydrogens (tertiary/aromatic N) is 3. The summed E-state index contributed by atoms with van der Waals surface area (Å²) >= 11 is 5.93. The number of halogens is 1. The lowest BCUT2D eigenvalue weighted by Crippen LogP contribution is -2.21. The maximum absolute atomic E-state index is 12.4. The molecule has 1 aromatic carbocycles. The van der Waals surface area contributed by atoms with E-state index < -0.39 is 5.91 Å². The molecular weight excluding hydrogens is 356 g/mol. The van der Waals surface area contributed by atoms with Gasteiger partial charge in [-0.15, -0.1) is 0 Å². The summed E-state index contributed by atoms with van der Waals surface area (Å²) in [6, 6.07) is 8.44. The van der Waals surface area contributed by atoms with Crippen LogP contribution in [0.25, 0.3) is 0 Å². The van der Waals surface area contributed by atoms with Crippen LogP contribution in [-0.4, -0.2) is 20.3 Å². The third-order valence-corrected chi connectivity index (χ3v) is 3.92. The highest BCUT2D eigenvalue weighted by Gasteiger charge is 2.14. The Hall–Kier alpha value is -3.06. The van der Waals surface area contributed by atoms with Crippen LogP contribution in [0.2, 0.25) is 5.02 Å². The molecule has 0 aliphatic rings. The van der Waals surface area contributed by atoms with Gasteiger partial charge in [-0.2, -0.15) is 5.10 Å². The first-order valence-electron chi connectivity index (χ1n) is 7.80. The van der Waals surface area contributed by atoms with Gasteiger partial charge in [0.25, 0.3) is 5.91 Å². The Morgan fingerprint density at radius 1 is 1.27 bits per heavy atom. The number of nitrogens with one attached hydrogen (secondary N) is 1. The second-order valence-corrected chi connectivity index (χ2v) is 6.21. The van der Waals surface area contributed by atoms with Crippen LogP contribution in [0.15, 0.2) is 53.7 Å². The average Bonchev–Trinajstić information content (AvgIpc) is 3.00. The van der Waals surface area contributed by atoms with Crippen molar-refractivity contribution in [1.82, 2.24) is 14.3 Å². The van der Waals surface area contributed by atoms with Crippen molar-refractivity contribution in [3.63, 3.8) is 0 Å². The van der Waals surface area contributed by atoms with E-state index in [9.17, 15) is 9.59 Å². The van der Waals surface area contributed by atoms with Gasteiger partial charge in [0.15, 0.2) is 5.75 Å². The van der Waals surface area contributed by atoms with Gasteiger partial charge in [-0.1, -0.05) is 23.7 Å². The predicted molar refractivity (Wildman–Crippen MR) is 98.6 cm³/mol. The van der Waals surface area contributed by atoms with Crippen LogP contribution < -0.4 is 15.5 Å². The van der Waals surface area contributed by atoms with Crippen LogP contribution in [-0.2, 0) is 20.7 Å². The van der Waals surface area contributed by atoms with Crippen molar-refractivity contribution in [2.75, 3.05) is 5.32 Å². The molecule has 0 aliphatic heterocycles. The van der Waals surface area contributed by atoms with Crippen molar-refractivity contribution in [2.45, 2.75) is 6.61 Å². The quantitative estimate of drug-likeness (QED) is 0.746. The lowest BCUT2D eigenvalue weighted by atomic mass is 10.2. The number of carbonyl (C=O) groups is 1. The number of pyridine rings is 1. The largest absolute Gasteiger partial charge is 0.483 e. The number of amides is 1. The van der Waals surface area contributed by atoms with Crippen LogP contribution in [0.4, 0.5) is 5.69 Å². The standard InChI is InChI=1S/C18H17ClN4O3/c1-22-10-17(26-11-12-4-3-5-13(19)6-12)16(24)7-15(22)18(25)21-14-8-20-23(2)9-14/h3-10H,11H2,1-2H3,(H,21,25). The first-order chi connectivity index (χ1) is 12.4. The van der Waals surface area contributed by atoms with Gasteiger partial charge in [0.1, 0.15) is 12.3 Å². The number of carbonyl (C=O) groups excluding carboxylic acids is 1. The molecule has 26 heavy (non-hydrogen) atoms. The van der Waals surface area contributed by atoms with Crippen molar-refractivity contribution < 1.29 is 9.53 Å². The van der Waals surface area contributed by atoms with Gasteiger partial charge in [0.05, 0.1) is 18.1 Å². The summed E-state index contributed by atoms with van der Waals surface area (Å²) in [7, 11) is 3.42. The summed E-state index contributed by atoms with van der Waals surface area (Å²) < 4.78 is 8.69. The first-order valence-corrected chi connectivity index (χ1v) is 8.18. The van der Waals surface area contributed by atoms with Crippen LogP contribution >= 0.6 is 11.6 Å². The Bertz CT molecular complexity index is 1010. The maximum Gasteiger partial charge on any atom is 0.272 e. The van der Waals surface area contributed by atoms with E-state index in [2.05, 4.69) is 10.4 Å². The fourth-order valence-electron chi connectivity index (χ4n) is 2.41. The third-order valence-electron chi connectivity index (χ3n) is 3.68. The monoisotopic (exact) mass is 372 g/mol. The minimum Gasteiger partial charge on any atom is -0.483 e. The summed E-state index contributed by atoms with van der Waals surface area (Å²) in [5.41, 5.74) is 1.24. The number of anilines is 1. The maximum atomic E-state index is 12.4. The molecule has 1 N–H and O–H groups in total. The smallest absolute Gasteiger partial charge is 0.272 e. The van der Waals surface area contributed by atoms with E-state index in [1.807, 2.05) is 12.1 Å². The molecule has 0 unspecified atom stereocenters. The van der Waals surface area contributed by atoms with Crippen LogP contribution in [0.3, 0.4) is 0 Å². The number of aryl methyl sites for hydroxylation is 2. The molecule has 0 fully saturated rings. The number of rotatable bonds is 5. The normalized spacial score (nSPS) is 10.6. The van der Waals surface area contributed by atoms with E-state index in [4.69, 9.17) is 16.3 Å². The van der Waals surface area contributed by atoms with Crippen molar-refractivity contribution in [2.24, 2.45) is 14.1 Å². The number of hydrogen-bond acceptors (Lipinski definition) is 4. The highest BCUT2D eigenvalue weighted by atomic mass is 35.5. The highest BCUT2D eigenvalue weighted by molar-refractivity contribution is 6.30. The zero-order chi connectivity index (χ0) is 18.7. The number of hydrogen-bond donors (Lipinski definition) is 1. The van der Waals surface area contributed by atoms with E-state index >= 15 is 0 Å². The molecule has 0 radical (unpaired) electrons. The first kappa shape index (κ1) is 17.8.